The Morgan fingerprint density at radius 1 is 1.04 bits per heavy atom. The van der Waals surface area contributed by atoms with Crippen LogP contribution in [-0.2, 0) is 0 Å². The van der Waals surface area contributed by atoms with Crippen LogP contribution in [0.1, 0.15) is 21.5 Å². The van der Waals surface area contributed by atoms with Gasteiger partial charge in [-0.1, -0.05) is 11.8 Å². The zero-order chi connectivity index (χ0) is 16.8. The highest BCUT2D eigenvalue weighted by Gasteiger charge is 2.09. The lowest BCUT2D eigenvalue weighted by Gasteiger charge is -2.09. The summed E-state index contributed by atoms with van der Waals surface area (Å²) in [6.45, 7) is 0. The molecule has 0 atom stereocenters. The van der Waals surface area contributed by atoms with Crippen molar-refractivity contribution in [2.45, 2.75) is 0 Å². The molecule has 2 aromatic carbocycles. The highest BCUT2D eigenvalue weighted by atomic mass is 16.6. The molecule has 0 aromatic heterocycles. The van der Waals surface area contributed by atoms with Crippen molar-refractivity contribution in [3.63, 3.8) is 0 Å². The van der Waals surface area contributed by atoms with Crippen LogP contribution in [0, 0.1) is 22.0 Å². The fourth-order valence-electron chi connectivity index (χ4n) is 1.91. The van der Waals surface area contributed by atoms with E-state index in [1.807, 2.05) is 0 Å². The number of nitrogens with zero attached hydrogens (tertiary/aromatic N) is 1. The number of ether oxygens (including phenoxy) is 2. The van der Waals surface area contributed by atoms with Crippen molar-refractivity contribution in [2.75, 3.05) is 14.2 Å². The highest BCUT2D eigenvalue weighted by Crippen LogP contribution is 2.29. The average Bonchev–Trinajstić information content (AvgIpc) is 2.59. The minimum Gasteiger partial charge on any atom is -0.493 e. The van der Waals surface area contributed by atoms with E-state index in [-0.39, 0.29) is 5.69 Å². The van der Waals surface area contributed by atoms with Gasteiger partial charge in [-0.05, 0) is 18.2 Å². The van der Waals surface area contributed by atoms with Crippen LogP contribution in [0.5, 0.6) is 11.5 Å². The van der Waals surface area contributed by atoms with Crippen LogP contribution < -0.4 is 9.47 Å². The molecule has 0 amide bonds. The summed E-state index contributed by atoms with van der Waals surface area (Å²) in [4.78, 5) is 21.3. The van der Waals surface area contributed by atoms with Crippen LogP contribution in [-0.4, -0.2) is 25.4 Å². The van der Waals surface area contributed by atoms with Gasteiger partial charge >= 0.3 is 0 Å². The molecule has 0 fully saturated rings. The molecule has 2 aromatic rings. The molecule has 0 radical (unpaired) electrons. The molecule has 0 aliphatic rings. The first kappa shape index (κ1) is 16.0. The monoisotopic (exact) mass is 311 g/mol. The first-order valence-corrected chi connectivity index (χ1v) is 6.56. The zero-order valence-electron chi connectivity index (χ0n) is 12.5. The maximum atomic E-state index is 11.2. The van der Waals surface area contributed by atoms with Crippen LogP contribution in [0.3, 0.4) is 0 Å². The van der Waals surface area contributed by atoms with Gasteiger partial charge in [-0.25, -0.2) is 0 Å². The number of non-ortho nitro benzene ring substituents is 1. The SMILES string of the molecule is COc1cc(C#Cc2ccc([N+](=O)[O-])cc2)c(C=O)cc1OC. The van der Waals surface area contributed by atoms with Gasteiger partial charge in [0.05, 0.1) is 19.1 Å². The van der Waals surface area contributed by atoms with Gasteiger partial charge in [-0.15, -0.1) is 0 Å². The Morgan fingerprint density at radius 3 is 2.17 bits per heavy atom. The molecule has 0 bridgehead atoms. The smallest absolute Gasteiger partial charge is 0.269 e. The van der Waals surface area contributed by atoms with E-state index in [0.717, 1.165) is 0 Å². The van der Waals surface area contributed by atoms with Crippen molar-refractivity contribution in [1.29, 1.82) is 0 Å². The number of rotatable bonds is 4. The number of carbonyl (C=O) groups is 1. The maximum Gasteiger partial charge on any atom is 0.269 e. The van der Waals surface area contributed by atoms with E-state index in [0.29, 0.717) is 34.5 Å². The van der Waals surface area contributed by atoms with E-state index in [1.54, 1.807) is 24.3 Å². The summed E-state index contributed by atoms with van der Waals surface area (Å²) in [5.74, 6) is 6.64. The molecule has 0 heterocycles. The summed E-state index contributed by atoms with van der Waals surface area (Å²) in [5.41, 5.74) is 1.45. The molecule has 116 valence electrons. The van der Waals surface area contributed by atoms with Crippen LogP contribution in [0.2, 0.25) is 0 Å². The van der Waals surface area contributed by atoms with Gasteiger partial charge in [0.1, 0.15) is 0 Å². The number of benzene rings is 2. The van der Waals surface area contributed by atoms with E-state index < -0.39 is 4.92 Å². The number of hydrogen-bond donors (Lipinski definition) is 0. The van der Waals surface area contributed by atoms with E-state index in [4.69, 9.17) is 9.47 Å². The molecular formula is C17H13NO5. The van der Waals surface area contributed by atoms with Crippen LogP contribution >= 0.6 is 0 Å². The largest absolute Gasteiger partial charge is 0.493 e. The second-order valence-electron chi connectivity index (χ2n) is 4.47. The topological polar surface area (TPSA) is 78.7 Å². The van der Waals surface area contributed by atoms with Crippen molar-refractivity contribution in [1.82, 2.24) is 0 Å². The van der Waals surface area contributed by atoms with Crippen LogP contribution in [0.25, 0.3) is 0 Å². The predicted octanol–water partition coefficient (Wildman–Crippen LogP) is 2.82. The third-order valence-corrected chi connectivity index (χ3v) is 3.10. The minimum absolute atomic E-state index is 0.00440. The lowest BCUT2D eigenvalue weighted by atomic mass is 10.1. The molecular weight excluding hydrogens is 298 g/mol. The lowest BCUT2D eigenvalue weighted by molar-refractivity contribution is -0.384. The first-order chi connectivity index (χ1) is 11.1. The number of nitro benzene ring substituents is 1. The van der Waals surface area contributed by atoms with Gasteiger partial charge in [0.25, 0.3) is 5.69 Å². The summed E-state index contributed by atoms with van der Waals surface area (Å²) in [5, 5.41) is 10.6. The summed E-state index contributed by atoms with van der Waals surface area (Å²) < 4.78 is 10.3. The van der Waals surface area contributed by atoms with Crippen LogP contribution in [0.4, 0.5) is 5.69 Å². The molecule has 23 heavy (non-hydrogen) atoms. The Hall–Kier alpha value is -3.33. The average molecular weight is 311 g/mol. The molecule has 0 saturated carbocycles. The van der Waals surface area contributed by atoms with Crippen molar-refractivity contribution < 1.29 is 19.2 Å². The Kier molecular flexibility index (Phi) is 4.95. The molecule has 0 unspecified atom stereocenters. The predicted molar refractivity (Wildman–Crippen MR) is 84.0 cm³/mol. The van der Waals surface area contributed by atoms with Crippen molar-refractivity contribution in [2.24, 2.45) is 0 Å². The van der Waals surface area contributed by atoms with E-state index >= 15 is 0 Å². The van der Waals surface area contributed by atoms with Crippen molar-refractivity contribution >= 4 is 12.0 Å². The van der Waals surface area contributed by atoms with Gasteiger partial charge in [0.2, 0.25) is 0 Å². The molecule has 6 heteroatoms. The normalized spacial score (nSPS) is 9.48. The zero-order valence-corrected chi connectivity index (χ0v) is 12.5. The maximum absolute atomic E-state index is 11.2. The van der Waals surface area contributed by atoms with Crippen molar-refractivity contribution in [3.05, 3.63) is 63.2 Å². The number of nitro groups is 1. The van der Waals surface area contributed by atoms with Crippen molar-refractivity contribution in [3.8, 4) is 23.3 Å². The molecule has 0 N–H and O–H groups in total. The Labute approximate surface area is 132 Å². The standard InChI is InChI=1S/C17H13NO5/c1-22-16-9-13(14(11-19)10-17(16)23-2)6-3-12-4-7-15(8-5-12)18(20)21/h4-5,7-11H,1-2H3. The van der Waals surface area contributed by atoms with Gasteiger partial charge < -0.3 is 9.47 Å². The molecule has 0 aliphatic heterocycles. The molecule has 2 rings (SSSR count). The number of methoxy groups -OCH3 is 2. The van der Waals surface area contributed by atoms with Gasteiger partial charge in [-0.2, -0.15) is 0 Å². The summed E-state index contributed by atoms with van der Waals surface area (Å²) in [7, 11) is 2.97. The molecule has 0 saturated heterocycles. The third-order valence-electron chi connectivity index (χ3n) is 3.10. The Balaban J connectivity index is 2.40. The molecule has 0 spiro atoms. The molecule has 6 nitrogen and oxygen atoms in total. The van der Waals surface area contributed by atoms with E-state index in [1.165, 1.54) is 26.4 Å². The second kappa shape index (κ2) is 7.09. The fourth-order valence-corrected chi connectivity index (χ4v) is 1.91. The second-order valence-corrected chi connectivity index (χ2v) is 4.47. The minimum atomic E-state index is -0.476. The number of carbonyl (C=O) groups excluding carboxylic acids is 1. The van der Waals surface area contributed by atoms with Gasteiger partial charge in [0, 0.05) is 34.9 Å². The van der Waals surface area contributed by atoms with E-state index in [2.05, 4.69) is 11.8 Å². The summed E-state index contributed by atoms with van der Waals surface area (Å²) in [6, 6.07) is 9.00. The highest BCUT2D eigenvalue weighted by molar-refractivity contribution is 5.81. The van der Waals surface area contributed by atoms with E-state index in [9.17, 15) is 14.9 Å². The van der Waals surface area contributed by atoms with Crippen LogP contribution in [0.15, 0.2) is 36.4 Å². The number of aldehydes is 1. The third kappa shape index (κ3) is 3.66. The summed E-state index contributed by atoms with van der Waals surface area (Å²) in [6.07, 6.45) is 0.682. The Bertz CT molecular complexity index is 800. The Morgan fingerprint density at radius 2 is 1.65 bits per heavy atom. The lowest BCUT2D eigenvalue weighted by Crippen LogP contribution is -1.95. The quantitative estimate of drug-likeness (QED) is 0.375. The van der Waals surface area contributed by atoms with Gasteiger partial charge in [-0.3, -0.25) is 14.9 Å². The fraction of sp³-hybridized carbons (Fsp3) is 0.118. The first-order valence-electron chi connectivity index (χ1n) is 6.56. The van der Waals surface area contributed by atoms with Gasteiger partial charge in [0.15, 0.2) is 17.8 Å². The molecule has 0 aliphatic carbocycles. The number of hydrogen-bond acceptors (Lipinski definition) is 5. The summed E-state index contributed by atoms with van der Waals surface area (Å²) >= 11 is 0.